The van der Waals surface area contributed by atoms with Gasteiger partial charge in [-0.3, -0.25) is 9.69 Å². The number of carbonyl (C=O) groups excluding carboxylic acids is 1. The number of rotatable bonds is 9. The number of amides is 1. The normalized spacial score (nSPS) is 15.4. The maximum atomic E-state index is 14.0. The van der Waals surface area contributed by atoms with Crippen molar-refractivity contribution in [3.63, 3.8) is 0 Å². The molecule has 3 aromatic carbocycles. The molecule has 1 fully saturated rings. The summed E-state index contributed by atoms with van der Waals surface area (Å²) in [6.45, 7) is 0.379. The number of thioether (sulfide) groups is 1. The largest absolute Gasteiger partial charge is 0.493 e. The zero-order valence-electron chi connectivity index (χ0n) is 21.6. The van der Waals surface area contributed by atoms with Crippen LogP contribution in [0.15, 0.2) is 98.6 Å². The first-order valence-electron chi connectivity index (χ1n) is 12.3. The Morgan fingerprint density at radius 2 is 1.90 bits per heavy atom. The fourth-order valence-corrected chi connectivity index (χ4v) is 5.24. The highest BCUT2D eigenvalue weighted by Gasteiger charge is 2.34. The van der Waals surface area contributed by atoms with E-state index in [1.807, 2.05) is 6.07 Å². The number of amidine groups is 1. The molecule has 1 aliphatic heterocycles. The van der Waals surface area contributed by atoms with E-state index in [9.17, 15) is 9.18 Å². The summed E-state index contributed by atoms with van der Waals surface area (Å²) in [4.78, 5) is 15.3. The van der Waals surface area contributed by atoms with Gasteiger partial charge in [-0.25, -0.2) is 4.39 Å². The zero-order chi connectivity index (χ0) is 28.8. The van der Waals surface area contributed by atoms with Gasteiger partial charge in [0.2, 0.25) is 0 Å². The second kappa shape index (κ2) is 13.1. The number of hydrogen-bond donors (Lipinski definition) is 0. The molecule has 0 atom stereocenters. The summed E-state index contributed by atoms with van der Waals surface area (Å²) >= 11 is 13.4. The third-order valence-electron chi connectivity index (χ3n) is 5.91. The van der Waals surface area contributed by atoms with Crippen LogP contribution >= 0.6 is 35.0 Å². The monoisotopic (exact) mass is 609 g/mol. The molecule has 2 heterocycles. The van der Waals surface area contributed by atoms with E-state index < -0.39 is 5.82 Å². The smallest absolute Gasteiger partial charge is 0.267 e. The van der Waals surface area contributed by atoms with Crippen LogP contribution < -0.4 is 9.47 Å². The lowest BCUT2D eigenvalue weighted by Crippen LogP contribution is -2.28. The van der Waals surface area contributed by atoms with Crippen molar-refractivity contribution in [2.75, 3.05) is 7.11 Å². The molecule has 1 amide bonds. The molecule has 1 saturated heterocycles. The minimum atomic E-state index is -0.419. The Kier molecular flexibility index (Phi) is 9.08. The van der Waals surface area contributed by atoms with Crippen molar-refractivity contribution in [2.24, 2.45) is 10.2 Å². The number of nitrogens with zero attached hydrogens (tertiary/aromatic N) is 3. The third-order valence-corrected chi connectivity index (χ3v) is 7.50. The number of methoxy groups -OCH3 is 1. The highest BCUT2D eigenvalue weighted by molar-refractivity contribution is 8.18. The minimum absolute atomic E-state index is 0.160. The number of hydrogen-bond acceptors (Lipinski definition) is 7. The Hall–Kier alpha value is -4.05. The Bertz CT molecular complexity index is 1660. The summed E-state index contributed by atoms with van der Waals surface area (Å²) in [6, 6.07) is 20.3. The van der Waals surface area contributed by atoms with Crippen molar-refractivity contribution < 1.29 is 23.1 Å². The van der Waals surface area contributed by atoms with Gasteiger partial charge in [-0.05, 0) is 65.9 Å². The molecule has 5 rings (SSSR count). The average molecular weight is 610 g/mol. The predicted octanol–water partition coefficient (Wildman–Crippen LogP) is 7.82. The summed E-state index contributed by atoms with van der Waals surface area (Å²) in [7, 11) is 1.54. The standard InChI is InChI=1S/C30H22Cl2FN3O4S/c1-38-27-13-19(8-11-26(27)40-18-21-9-10-22(31)15-24(21)32)14-28-29(37)36(17-23-6-4-12-39-23)30(41-28)35-34-16-20-5-2-3-7-25(20)33/h2-16H,17-18H2,1H3/b28-14-,34-16+,35-30-. The molecule has 11 heteroatoms. The fraction of sp³-hybridized carbons (Fsp3) is 0.100. The van der Waals surface area contributed by atoms with E-state index in [2.05, 4.69) is 10.2 Å². The van der Waals surface area contributed by atoms with E-state index in [-0.39, 0.29) is 24.6 Å². The summed E-state index contributed by atoms with van der Waals surface area (Å²) in [5, 5.41) is 9.63. The first-order valence-corrected chi connectivity index (χ1v) is 13.8. The molecular formula is C30H22Cl2FN3O4S. The van der Waals surface area contributed by atoms with Gasteiger partial charge in [-0.1, -0.05) is 53.5 Å². The molecule has 0 saturated carbocycles. The van der Waals surface area contributed by atoms with Crippen LogP contribution in [0.4, 0.5) is 4.39 Å². The molecule has 0 radical (unpaired) electrons. The van der Waals surface area contributed by atoms with E-state index in [1.165, 1.54) is 30.6 Å². The predicted molar refractivity (Wildman–Crippen MR) is 160 cm³/mol. The molecule has 0 aliphatic carbocycles. The SMILES string of the molecule is COc1cc(/C=C2\S/C(=N\N=C\c3ccccc3F)N(Cc3ccco3)C2=O)ccc1OCc1ccc(Cl)cc1Cl. The highest BCUT2D eigenvalue weighted by atomic mass is 35.5. The average Bonchev–Trinajstić information content (AvgIpc) is 3.58. The fourth-order valence-electron chi connectivity index (χ4n) is 3.84. The molecule has 1 aliphatic rings. The summed E-state index contributed by atoms with van der Waals surface area (Å²) in [6.07, 6.45) is 4.57. The highest BCUT2D eigenvalue weighted by Crippen LogP contribution is 2.36. The molecule has 4 aromatic rings. The molecule has 0 spiro atoms. The first-order chi connectivity index (χ1) is 19.9. The lowest BCUT2D eigenvalue weighted by molar-refractivity contribution is -0.122. The number of furan rings is 1. The molecular weight excluding hydrogens is 588 g/mol. The van der Waals surface area contributed by atoms with Gasteiger partial charge < -0.3 is 13.9 Å². The minimum Gasteiger partial charge on any atom is -0.493 e. The Labute approximate surface area is 249 Å². The number of benzene rings is 3. The van der Waals surface area contributed by atoms with Crippen LogP contribution in [0.5, 0.6) is 11.5 Å². The van der Waals surface area contributed by atoms with Crippen LogP contribution in [0.1, 0.15) is 22.5 Å². The Morgan fingerprint density at radius 3 is 2.66 bits per heavy atom. The van der Waals surface area contributed by atoms with Crippen LogP contribution in [-0.4, -0.2) is 29.3 Å². The van der Waals surface area contributed by atoms with Gasteiger partial charge in [-0.15, -0.1) is 5.10 Å². The van der Waals surface area contributed by atoms with Crippen molar-refractivity contribution in [1.82, 2.24) is 4.90 Å². The van der Waals surface area contributed by atoms with E-state index in [4.69, 9.17) is 37.1 Å². The van der Waals surface area contributed by atoms with Crippen LogP contribution in [0, 0.1) is 5.82 Å². The van der Waals surface area contributed by atoms with Crippen molar-refractivity contribution in [1.29, 1.82) is 0 Å². The van der Waals surface area contributed by atoms with Gasteiger partial charge in [0, 0.05) is 21.2 Å². The molecule has 208 valence electrons. The van der Waals surface area contributed by atoms with Crippen molar-refractivity contribution in [3.8, 4) is 11.5 Å². The lowest BCUT2D eigenvalue weighted by atomic mass is 10.1. The van der Waals surface area contributed by atoms with Gasteiger partial charge in [0.15, 0.2) is 16.7 Å². The summed E-state index contributed by atoms with van der Waals surface area (Å²) in [5.41, 5.74) is 1.77. The maximum Gasteiger partial charge on any atom is 0.267 e. The van der Waals surface area contributed by atoms with Crippen molar-refractivity contribution in [3.05, 3.63) is 122 Å². The third kappa shape index (κ3) is 7.00. The molecule has 0 unspecified atom stereocenters. The van der Waals surface area contributed by atoms with Gasteiger partial charge in [-0.2, -0.15) is 5.10 Å². The van der Waals surface area contributed by atoms with Gasteiger partial charge in [0.05, 0.1) is 31.0 Å². The summed E-state index contributed by atoms with van der Waals surface area (Å²) in [5.74, 6) is 0.876. The summed E-state index contributed by atoms with van der Waals surface area (Å²) < 4.78 is 30.9. The van der Waals surface area contributed by atoms with Crippen molar-refractivity contribution in [2.45, 2.75) is 13.2 Å². The zero-order valence-corrected chi connectivity index (χ0v) is 23.9. The van der Waals surface area contributed by atoms with Gasteiger partial charge in [0.1, 0.15) is 18.2 Å². The van der Waals surface area contributed by atoms with E-state index in [0.717, 1.165) is 17.3 Å². The first kappa shape index (κ1) is 28.5. The maximum absolute atomic E-state index is 14.0. The van der Waals surface area contributed by atoms with Crippen LogP contribution in [0.2, 0.25) is 10.0 Å². The van der Waals surface area contributed by atoms with Crippen LogP contribution in [0.3, 0.4) is 0 Å². The number of carbonyl (C=O) groups is 1. The number of ether oxygens (including phenoxy) is 2. The van der Waals surface area contributed by atoms with Gasteiger partial charge >= 0.3 is 0 Å². The quantitative estimate of drug-likeness (QED) is 0.110. The molecule has 7 nitrogen and oxygen atoms in total. The molecule has 41 heavy (non-hydrogen) atoms. The van der Waals surface area contributed by atoms with Crippen LogP contribution in [-0.2, 0) is 17.9 Å². The van der Waals surface area contributed by atoms with E-state index >= 15 is 0 Å². The lowest BCUT2D eigenvalue weighted by Gasteiger charge is -2.13. The number of halogens is 3. The van der Waals surface area contributed by atoms with E-state index in [0.29, 0.717) is 42.9 Å². The Balaban J connectivity index is 1.37. The van der Waals surface area contributed by atoms with Crippen molar-refractivity contribution >= 4 is 58.3 Å². The van der Waals surface area contributed by atoms with E-state index in [1.54, 1.807) is 66.7 Å². The van der Waals surface area contributed by atoms with Gasteiger partial charge in [0.25, 0.3) is 5.91 Å². The second-order valence-electron chi connectivity index (χ2n) is 8.66. The topological polar surface area (TPSA) is 76.6 Å². The Morgan fingerprint density at radius 1 is 1.05 bits per heavy atom. The van der Waals surface area contributed by atoms with Crippen LogP contribution in [0.25, 0.3) is 6.08 Å². The molecule has 0 bridgehead atoms. The second-order valence-corrected chi connectivity index (χ2v) is 10.5. The molecule has 0 N–H and O–H groups in total. The molecule has 1 aromatic heterocycles.